The Labute approximate surface area is 172 Å². The number of carbonyl (C=O) groups excluding carboxylic acids is 2. The number of nitrogens with one attached hydrogen (secondary N) is 1. The predicted octanol–water partition coefficient (Wildman–Crippen LogP) is 2.63. The van der Waals surface area contributed by atoms with Gasteiger partial charge in [0.05, 0.1) is 11.5 Å². The summed E-state index contributed by atoms with van der Waals surface area (Å²) < 4.78 is 12.0. The molecule has 0 bridgehead atoms. The van der Waals surface area contributed by atoms with Gasteiger partial charge in [-0.05, 0) is 37.6 Å². The van der Waals surface area contributed by atoms with Gasteiger partial charge in [0, 0.05) is 47.7 Å². The lowest BCUT2D eigenvalue weighted by molar-refractivity contribution is -0.384. The number of nitro benzene ring substituents is 1. The molecular weight excluding hydrogens is 394 g/mol. The average molecular weight is 417 g/mol. The Hall–Kier alpha value is -3.34. The van der Waals surface area contributed by atoms with Crippen LogP contribution >= 0.6 is 0 Å². The van der Waals surface area contributed by atoms with Crippen LogP contribution in [0.15, 0.2) is 54.7 Å². The zero-order chi connectivity index (χ0) is 22.1. The van der Waals surface area contributed by atoms with Crippen molar-refractivity contribution in [2.75, 3.05) is 20.0 Å². The Morgan fingerprint density at radius 3 is 2.57 bits per heavy atom. The van der Waals surface area contributed by atoms with E-state index in [2.05, 4.69) is 6.58 Å². The smallest absolute Gasteiger partial charge is 0.269 e. The first-order chi connectivity index (χ1) is 14.4. The van der Waals surface area contributed by atoms with Crippen molar-refractivity contribution in [3.05, 3.63) is 76.1 Å². The minimum absolute atomic E-state index is 0.0443. The van der Waals surface area contributed by atoms with E-state index in [0.29, 0.717) is 12.3 Å². The van der Waals surface area contributed by atoms with Gasteiger partial charge in [0.1, 0.15) is 6.79 Å². The molecule has 0 aliphatic heterocycles. The summed E-state index contributed by atoms with van der Waals surface area (Å²) >= 11 is 0. The summed E-state index contributed by atoms with van der Waals surface area (Å²) in [7, 11) is 0. The Kier molecular flexibility index (Phi) is 8.41. The van der Waals surface area contributed by atoms with E-state index < -0.39 is 22.7 Å². The molecule has 0 aliphatic rings. The van der Waals surface area contributed by atoms with Crippen LogP contribution in [-0.4, -0.2) is 46.5 Å². The highest BCUT2D eigenvalue weighted by atomic mass is 16.7. The fraction of sp³-hybridized carbons (Fsp3) is 0.300. The normalized spacial score (nSPS) is 11.7. The van der Waals surface area contributed by atoms with E-state index in [1.54, 1.807) is 18.3 Å². The van der Waals surface area contributed by atoms with Crippen LogP contribution in [0.5, 0.6) is 0 Å². The summed E-state index contributed by atoms with van der Waals surface area (Å²) in [6.45, 7) is 6.13. The largest absolute Gasteiger partial charge is 0.356 e. The van der Waals surface area contributed by atoms with Gasteiger partial charge < -0.3 is 9.47 Å². The Bertz CT molecular complexity index is 905. The molecule has 2 rings (SSSR count). The maximum absolute atomic E-state index is 13.0. The van der Waals surface area contributed by atoms with Crippen LogP contribution in [0, 0.1) is 10.1 Å². The number of nitro groups is 1. The number of non-ortho nitro benzene ring substituents is 1. The van der Waals surface area contributed by atoms with Crippen LogP contribution in [0.2, 0.25) is 0 Å². The first-order valence-corrected chi connectivity index (χ1v) is 9.13. The van der Waals surface area contributed by atoms with Crippen molar-refractivity contribution in [1.29, 1.82) is 0 Å². The molecule has 1 unspecified atom stereocenters. The molecule has 0 saturated heterocycles. The minimum Gasteiger partial charge on any atom is -0.356 e. The zero-order valence-electron chi connectivity index (χ0n) is 16.4. The minimum atomic E-state index is -0.732. The highest BCUT2D eigenvalue weighted by molar-refractivity contribution is 5.96. The molecule has 1 atom stereocenters. The summed E-state index contributed by atoms with van der Waals surface area (Å²) in [4.78, 5) is 34.9. The Morgan fingerprint density at radius 1 is 1.27 bits per heavy atom. The molecule has 2 aromatic rings. The molecule has 1 aromatic carbocycles. The van der Waals surface area contributed by atoms with Crippen molar-refractivity contribution in [3.63, 3.8) is 0 Å². The Balaban J connectivity index is 2.27. The second-order valence-electron chi connectivity index (χ2n) is 6.34. The monoisotopic (exact) mass is 417 g/mol. The molecule has 0 aliphatic carbocycles. The first-order valence-electron chi connectivity index (χ1n) is 9.13. The van der Waals surface area contributed by atoms with Crippen molar-refractivity contribution in [1.82, 2.24) is 10.0 Å². The molecule has 1 heterocycles. The molecule has 1 aromatic heterocycles. The highest BCUT2D eigenvalue weighted by Gasteiger charge is 2.23. The van der Waals surface area contributed by atoms with Crippen LogP contribution in [0.3, 0.4) is 0 Å². The maximum Gasteiger partial charge on any atom is 0.269 e. The molecule has 10 nitrogen and oxygen atoms in total. The first kappa shape index (κ1) is 22.9. The second kappa shape index (κ2) is 11.0. The highest BCUT2D eigenvalue weighted by Crippen LogP contribution is 2.26. The van der Waals surface area contributed by atoms with Gasteiger partial charge in [-0.3, -0.25) is 29.5 Å². The molecule has 0 saturated carbocycles. The molecular formula is C20H23N3O7. The van der Waals surface area contributed by atoms with E-state index in [4.69, 9.17) is 14.7 Å². The van der Waals surface area contributed by atoms with Crippen molar-refractivity contribution in [2.45, 2.75) is 19.3 Å². The van der Waals surface area contributed by atoms with Crippen LogP contribution in [-0.2, 0) is 14.3 Å². The fourth-order valence-corrected chi connectivity index (χ4v) is 2.83. The number of carbonyl (C=O) groups is 2. The van der Waals surface area contributed by atoms with Gasteiger partial charge in [0.25, 0.3) is 17.5 Å². The molecule has 30 heavy (non-hydrogen) atoms. The van der Waals surface area contributed by atoms with E-state index in [1.807, 2.05) is 6.92 Å². The standard InChI is InChI=1S/C20H23N3O7/c1-3-29-13-30-12-16(11-14(2)19(24)21-26)18-5-4-10-22(18)20(25)15-6-8-17(9-7-15)23(27)28/h4-10,16,26H,2-3,11-13H2,1H3,(H,21,24). The predicted molar refractivity (Wildman–Crippen MR) is 106 cm³/mol. The van der Waals surface area contributed by atoms with Gasteiger partial charge in [-0.2, -0.15) is 0 Å². The SMILES string of the molecule is C=C(CC(COCOCC)c1cccn1C(=O)c1ccc([N+](=O)[O-])cc1)C(=O)NO. The summed E-state index contributed by atoms with van der Waals surface area (Å²) in [5.41, 5.74) is 2.35. The topological polar surface area (TPSA) is 133 Å². The number of amides is 1. The van der Waals surface area contributed by atoms with Crippen LogP contribution < -0.4 is 5.48 Å². The Morgan fingerprint density at radius 2 is 1.97 bits per heavy atom. The molecule has 160 valence electrons. The third-order valence-electron chi connectivity index (χ3n) is 4.35. The van der Waals surface area contributed by atoms with Gasteiger partial charge in [-0.15, -0.1) is 0 Å². The molecule has 10 heteroatoms. The number of hydrogen-bond acceptors (Lipinski definition) is 7. The summed E-state index contributed by atoms with van der Waals surface area (Å²) in [5, 5.41) is 19.6. The van der Waals surface area contributed by atoms with Crippen LogP contribution in [0.1, 0.15) is 35.3 Å². The van der Waals surface area contributed by atoms with Crippen molar-refractivity contribution >= 4 is 17.5 Å². The third-order valence-corrected chi connectivity index (χ3v) is 4.35. The van der Waals surface area contributed by atoms with Crippen molar-refractivity contribution < 1.29 is 29.2 Å². The van der Waals surface area contributed by atoms with Gasteiger partial charge in [0.15, 0.2) is 0 Å². The average Bonchev–Trinajstić information content (AvgIpc) is 3.24. The van der Waals surface area contributed by atoms with E-state index >= 15 is 0 Å². The maximum atomic E-state index is 13.0. The molecule has 0 fully saturated rings. The molecule has 0 spiro atoms. The second-order valence-corrected chi connectivity index (χ2v) is 6.34. The number of rotatable bonds is 11. The number of hydrogen-bond donors (Lipinski definition) is 2. The van der Waals surface area contributed by atoms with Crippen molar-refractivity contribution in [3.8, 4) is 0 Å². The van der Waals surface area contributed by atoms with Crippen LogP contribution in [0.25, 0.3) is 0 Å². The number of benzene rings is 1. The van der Waals surface area contributed by atoms with Gasteiger partial charge in [0.2, 0.25) is 0 Å². The van der Waals surface area contributed by atoms with Crippen LogP contribution in [0.4, 0.5) is 5.69 Å². The van der Waals surface area contributed by atoms with E-state index in [-0.39, 0.29) is 36.6 Å². The van der Waals surface area contributed by atoms with E-state index in [0.717, 1.165) is 0 Å². The summed E-state index contributed by atoms with van der Waals surface area (Å²) in [6.07, 6.45) is 1.68. The third kappa shape index (κ3) is 5.83. The lowest BCUT2D eigenvalue weighted by Gasteiger charge is -2.20. The summed E-state index contributed by atoms with van der Waals surface area (Å²) in [5.74, 6) is -1.56. The molecule has 0 radical (unpaired) electrons. The van der Waals surface area contributed by atoms with E-state index in [9.17, 15) is 19.7 Å². The van der Waals surface area contributed by atoms with E-state index in [1.165, 1.54) is 34.3 Å². The quantitative estimate of drug-likeness (QED) is 0.143. The fourth-order valence-electron chi connectivity index (χ4n) is 2.83. The number of nitrogens with zero attached hydrogens (tertiary/aromatic N) is 2. The zero-order valence-corrected chi connectivity index (χ0v) is 16.4. The van der Waals surface area contributed by atoms with Gasteiger partial charge in [-0.1, -0.05) is 6.58 Å². The van der Waals surface area contributed by atoms with Gasteiger partial charge in [-0.25, -0.2) is 5.48 Å². The van der Waals surface area contributed by atoms with Crippen molar-refractivity contribution in [2.24, 2.45) is 0 Å². The summed E-state index contributed by atoms with van der Waals surface area (Å²) in [6, 6.07) is 8.65. The number of ether oxygens (including phenoxy) is 2. The number of aromatic nitrogens is 1. The molecule has 2 N–H and O–H groups in total. The lowest BCUT2D eigenvalue weighted by atomic mass is 9.97. The van der Waals surface area contributed by atoms with Gasteiger partial charge >= 0.3 is 0 Å². The number of hydroxylamine groups is 1. The molecule has 1 amide bonds. The lowest BCUT2D eigenvalue weighted by Crippen LogP contribution is -2.24.